The number of nitrogens with zero attached hydrogens (tertiary/aromatic N) is 2. The Morgan fingerprint density at radius 1 is 1.16 bits per heavy atom. The first kappa shape index (κ1) is 20.3. The van der Waals surface area contributed by atoms with Gasteiger partial charge in [-0.2, -0.15) is 18.4 Å². The minimum Gasteiger partial charge on any atom is -0.481 e. The van der Waals surface area contributed by atoms with Gasteiger partial charge in [0, 0.05) is 25.2 Å². The van der Waals surface area contributed by atoms with Crippen LogP contribution in [0.3, 0.4) is 0 Å². The molecule has 1 heterocycles. The summed E-state index contributed by atoms with van der Waals surface area (Å²) in [7, 11) is 0. The van der Waals surface area contributed by atoms with Crippen LogP contribution < -0.4 is 4.90 Å². The maximum atomic E-state index is 10.6. The van der Waals surface area contributed by atoms with Crippen LogP contribution in [-0.4, -0.2) is 41.4 Å². The van der Waals surface area contributed by atoms with Crippen LogP contribution >= 0.6 is 0 Å². The topological polar surface area (TPSA) is 102 Å². The van der Waals surface area contributed by atoms with E-state index in [4.69, 9.17) is 20.3 Å². The van der Waals surface area contributed by atoms with Crippen LogP contribution in [0.4, 0.5) is 18.9 Å². The van der Waals surface area contributed by atoms with E-state index in [1.54, 1.807) is 0 Å². The van der Waals surface area contributed by atoms with Crippen molar-refractivity contribution in [3.63, 3.8) is 0 Å². The van der Waals surface area contributed by atoms with Crippen LogP contribution in [-0.2, 0) is 9.59 Å². The van der Waals surface area contributed by atoms with Gasteiger partial charge < -0.3 is 15.1 Å². The average Bonchev–Trinajstić information content (AvgIpc) is 2.55. The third-order valence-electron chi connectivity index (χ3n) is 3.68. The Bertz CT molecular complexity index is 630. The molecule has 0 unspecified atom stereocenters. The minimum atomic E-state index is -5.08. The number of piperidine rings is 1. The summed E-state index contributed by atoms with van der Waals surface area (Å²) in [6.07, 6.45) is -2.96. The summed E-state index contributed by atoms with van der Waals surface area (Å²) in [5, 5.41) is 24.6. The molecule has 1 aromatic carbocycles. The first-order chi connectivity index (χ1) is 11.6. The monoisotopic (exact) mass is 358 g/mol. The molecule has 1 aliphatic heterocycles. The van der Waals surface area contributed by atoms with Crippen LogP contribution in [0.5, 0.6) is 0 Å². The summed E-state index contributed by atoms with van der Waals surface area (Å²) in [6.45, 7) is 1.79. The van der Waals surface area contributed by atoms with Crippen LogP contribution in [0.25, 0.3) is 0 Å². The van der Waals surface area contributed by atoms with Gasteiger partial charge in [-0.1, -0.05) is 0 Å². The van der Waals surface area contributed by atoms with E-state index in [0.29, 0.717) is 11.5 Å². The van der Waals surface area contributed by atoms with Crippen molar-refractivity contribution in [3.05, 3.63) is 29.8 Å². The number of benzene rings is 1. The number of aliphatic carboxylic acids is 2. The fraction of sp³-hybridized carbons (Fsp3) is 0.438. The standard InChI is InChI=1S/C14H16N2O2.C2HF3O2/c15-10-12-1-3-13(4-2-12)16-7-5-11(6-8-16)9-14(17)18;3-2(4,5)1(6)7/h1-4,11H,5-9H2,(H,17,18);(H,6,7). The lowest BCUT2D eigenvalue weighted by molar-refractivity contribution is -0.192. The highest BCUT2D eigenvalue weighted by Crippen LogP contribution is 2.25. The lowest BCUT2D eigenvalue weighted by Gasteiger charge is -2.33. The van der Waals surface area contributed by atoms with Crippen molar-refractivity contribution in [2.75, 3.05) is 18.0 Å². The minimum absolute atomic E-state index is 0.279. The highest BCUT2D eigenvalue weighted by atomic mass is 19.4. The number of hydrogen-bond donors (Lipinski definition) is 2. The second kappa shape index (κ2) is 8.92. The third kappa shape index (κ3) is 7.12. The molecule has 6 nitrogen and oxygen atoms in total. The van der Waals surface area contributed by atoms with Gasteiger partial charge in [0.15, 0.2) is 0 Å². The van der Waals surface area contributed by atoms with E-state index in [9.17, 15) is 18.0 Å². The third-order valence-corrected chi connectivity index (χ3v) is 3.68. The number of hydrogen-bond acceptors (Lipinski definition) is 4. The largest absolute Gasteiger partial charge is 0.490 e. The number of carboxylic acid groups (broad SMARTS) is 2. The molecule has 1 aromatic rings. The summed E-state index contributed by atoms with van der Waals surface area (Å²) in [5.41, 5.74) is 1.78. The summed E-state index contributed by atoms with van der Waals surface area (Å²) < 4.78 is 31.7. The second-order valence-corrected chi connectivity index (χ2v) is 5.49. The molecule has 0 aromatic heterocycles. The van der Waals surface area contributed by atoms with E-state index in [1.165, 1.54) is 0 Å². The SMILES string of the molecule is N#Cc1ccc(N2CCC(CC(=O)O)CC2)cc1.O=C(O)C(F)(F)F. The molecule has 0 amide bonds. The molecule has 0 spiro atoms. The molecule has 1 aliphatic rings. The zero-order chi connectivity index (χ0) is 19.0. The van der Waals surface area contributed by atoms with Gasteiger partial charge >= 0.3 is 18.1 Å². The summed E-state index contributed by atoms with van der Waals surface area (Å²) in [4.78, 5) is 21.8. The molecular formula is C16H17F3N2O4. The predicted octanol–water partition coefficient (Wildman–Crippen LogP) is 2.88. The molecule has 1 fully saturated rings. The Morgan fingerprint density at radius 3 is 2.00 bits per heavy atom. The number of anilines is 1. The van der Waals surface area contributed by atoms with Crippen LogP contribution in [0.2, 0.25) is 0 Å². The smallest absolute Gasteiger partial charge is 0.481 e. The van der Waals surface area contributed by atoms with Gasteiger partial charge in [0.2, 0.25) is 0 Å². The van der Waals surface area contributed by atoms with Gasteiger partial charge in [-0.25, -0.2) is 4.79 Å². The number of carboxylic acids is 2. The number of rotatable bonds is 3. The highest BCUT2D eigenvalue weighted by molar-refractivity contribution is 5.73. The normalized spacial score (nSPS) is 14.9. The van der Waals surface area contributed by atoms with Gasteiger partial charge in [-0.05, 0) is 43.0 Å². The van der Waals surface area contributed by atoms with Gasteiger partial charge in [0.1, 0.15) is 0 Å². The molecule has 136 valence electrons. The van der Waals surface area contributed by atoms with Crippen molar-refractivity contribution in [1.29, 1.82) is 5.26 Å². The lowest BCUT2D eigenvalue weighted by atomic mass is 9.93. The van der Waals surface area contributed by atoms with Crippen molar-refractivity contribution in [1.82, 2.24) is 0 Å². The number of nitriles is 1. The van der Waals surface area contributed by atoms with Crippen LogP contribution in [0.15, 0.2) is 24.3 Å². The number of halogens is 3. The molecule has 0 radical (unpaired) electrons. The Labute approximate surface area is 142 Å². The quantitative estimate of drug-likeness (QED) is 0.861. The van der Waals surface area contributed by atoms with Crippen molar-refractivity contribution in [3.8, 4) is 6.07 Å². The zero-order valence-electron chi connectivity index (χ0n) is 13.2. The average molecular weight is 358 g/mol. The maximum absolute atomic E-state index is 10.6. The molecule has 9 heteroatoms. The van der Waals surface area contributed by atoms with Crippen molar-refractivity contribution < 1.29 is 33.0 Å². The maximum Gasteiger partial charge on any atom is 0.490 e. The molecule has 25 heavy (non-hydrogen) atoms. The molecule has 0 atom stereocenters. The summed E-state index contributed by atoms with van der Waals surface area (Å²) in [5.74, 6) is -3.16. The zero-order valence-corrected chi connectivity index (χ0v) is 13.2. The van der Waals surface area contributed by atoms with E-state index in [0.717, 1.165) is 31.6 Å². The van der Waals surface area contributed by atoms with Gasteiger partial charge in [-0.3, -0.25) is 4.79 Å². The van der Waals surface area contributed by atoms with Crippen molar-refractivity contribution >= 4 is 17.6 Å². The second-order valence-electron chi connectivity index (χ2n) is 5.49. The Hall–Kier alpha value is -2.76. The van der Waals surface area contributed by atoms with Gasteiger partial charge in [0.05, 0.1) is 11.6 Å². The summed E-state index contributed by atoms with van der Waals surface area (Å²) in [6, 6.07) is 9.65. The van der Waals surface area contributed by atoms with Crippen LogP contribution in [0, 0.1) is 17.2 Å². The van der Waals surface area contributed by atoms with Crippen molar-refractivity contribution in [2.24, 2.45) is 5.92 Å². The van der Waals surface area contributed by atoms with E-state index in [-0.39, 0.29) is 6.42 Å². The van der Waals surface area contributed by atoms with E-state index in [1.807, 2.05) is 24.3 Å². The fourth-order valence-electron chi connectivity index (χ4n) is 2.39. The lowest BCUT2D eigenvalue weighted by Crippen LogP contribution is -2.34. The molecule has 2 N–H and O–H groups in total. The van der Waals surface area contributed by atoms with E-state index in [2.05, 4.69) is 11.0 Å². The Balaban J connectivity index is 0.000000381. The molecule has 0 bridgehead atoms. The first-order valence-corrected chi connectivity index (χ1v) is 7.40. The predicted molar refractivity (Wildman–Crippen MR) is 82.0 cm³/mol. The molecule has 0 aliphatic carbocycles. The molecule has 2 rings (SSSR count). The Kier molecular flexibility index (Phi) is 7.23. The molecule has 0 saturated carbocycles. The molecule has 1 saturated heterocycles. The number of carbonyl (C=O) groups is 2. The first-order valence-electron chi connectivity index (χ1n) is 7.40. The van der Waals surface area contributed by atoms with Crippen molar-refractivity contribution in [2.45, 2.75) is 25.4 Å². The molecular weight excluding hydrogens is 341 g/mol. The number of alkyl halides is 3. The van der Waals surface area contributed by atoms with E-state index >= 15 is 0 Å². The highest BCUT2D eigenvalue weighted by Gasteiger charge is 2.38. The van der Waals surface area contributed by atoms with Gasteiger partial charge in [0.25, 0.3) is 0 Å². The van der Waals surface area contributed by atoms with E-state index < -0.39 is 18.1 Å². The van der Waals surface area contributed by atoms with Gasteiger partial charge in [-0.15, -0.1) is 0 Å². The van der Waals surface area contributed by atoms with Crippen LogP contribution in [0.1, 0.15) is 24.8 Å². The Morgan fingerprint density at radius 2 is 1.64 bits per heavy atom. The fourth-order valence-corrected chi connectivity index (χ4v) is 2.39. The summed E-state index contributed by atoms with van der Waals surface area (Å²) >= 11 is 0.